The van der Waals surface area contributed by atoms with Gasteiger partial charge < -0.3 is 20.1 Å². The Labute approximate surface area is 138 Å². The molecular weight excluding hydrogens is 292 g/mol. The minimum atomic E-state index is 0.122. The van der Waals surface area contributed by atoms with Gasteiger partial charge in [0.2, 0.25) is 5.91 Å². The van der Waals surface area contributed by atoms with Gasteiger partial charge in [0, 0.05) is 26.1 Å². The number of carbonyl (C=O) groups excluding carboxylic acids is 1. The first-order chi connectivity index (χ1) is 11.3. The van der Waals surface area contributed by atoms with Crippen molar-refractivity contribution in [3.8, 4) is 5.75 Å². The number of nitrogens with one attached hydrogen (secondary N) is 2. The summed E-state index contributed by atoms with van der Waals surface area (Å²) < 4.78 is 10.7. The first kappa shape index (κ1) is 17.8. The largest absolute Gasteiger partial charge is 0.494 e. The molecule has 0 spiro atoms. The van der Waals surface area contributed by atoms with Gasteiger partial charge in [-0.2, -0.15) is 0 Å². The van der Waals surface area contributed by atoms with Gasteiger partial charge in [0.25, 0.3) is 0 Å². The molecule has 1 atom stereocenters. The van der Waals surface area contributed by atoms with Gasteiger partial charge >= 0.3 is 0 Å². The zero-order chi connectivity index (χ0) is 16.3. The molecule has 0 bridgehead atoms. The van der Waals surface area contributed by atoms with Gasteiger partial charge in [-0.1, -0.05) is 12.1 Å². The van der Waals surface area contributed by atoms with Crippen molar-refractivity contribution < 1.29 is 14.3 Å². The van der Waals surface area contributed by atoms with Crippen molar-refractivity contribution in [2.45, 2.75) is 38.1 Å². The summed E-state index contributed by atoms with van der Waals surface area (Å²) in [5.41, 5.74) is 1.24. The third-order valence-electron chi connectivity index (χ3n) is 4.00. The molecule has 0 aromatic heterocycles. The van der Waals surface area contributed by atoms with E-state index in [1.54, 1.807) is 7.11 Å². The van der Waals surface area contributed by atoms with E-state index in [-0.39, 0.29) is 11.9 Å². The van der Waals surface area contributed by atoms with E-state index in [9.17, 15) is 4.79 Å². The molecular formula is C18H28N2O3. The van der Waals surface area contributed by atoms with Gasteiger partial charge in [0.15, 0.2) is 0 Å². The molecule has 23 heavy (non-hydrogen) atoms. The van der Waals surface area contributed by atoms with Crippen LogP contribution in [0.15, 0.2) is 24.3 Å². The Kier molecular flexibility index (Phi) is 7.90. The smallest absolute Gasteiger partial charge is 0.220 e. The van der Waals surface area contributed by atoms with Crippen LogP contribution < -0.4 is 15.4 Å². The van der Waals surface area contributed by atoms with Crippen LogP contribution in [0.25, 0.3) is 0 Å². The van der Waals surface area contributed by atoms with Crippen LogP contribution in [0.2, 0.25) is 0 Å². The van der Waals surface area contributed by atoms with E-state index in [0.717, 1.165) is 51.1 Å². The SMILES string of the molecule is COCCc1ccc(OCCCC(=O)NC2CCCNC2)cc1. The predicted molar refractivity (Wildman–Crippen MR) is 90.8 cm³/mol. The number of benzene rings is 1. The number of hydrogen-bond donors (Lipinski definition) is 2. The fourth-order valence-corrected chi connectivity index (χ4v) is 2.67. The lowest BCUT2D eigenvalue weighted by Gasteiger charge is -2.23. The molecule has 1 heterocycles. The summed E-state index contributed by atoms with van der Waals surface area (Å²) >= 11 is 0. The number of methoxy groups -OCH3 is 1. The second kappa shape index (κ2) is 10.2. The molecule has 1 unspecified atom stereocenters. The Morgan fingerprint density at radius 1 is 1.30 bits per heavy atom. The molecule has 1 amide bonds. The van der Waals surface area contributed by atoms with Crippen LogP contribution in [0, 0.1) is 0 Å². The summed E-state index contributed by atoms with van der Waals surface area (Å²) in [5.74, 6) is 0.972. The summed E-state index contributed by atoms with van der Waals surface area (Å²) in [6.45, 7) is 3.24. The van der Waals surface area contributed by atoms with Crippen LogP contribution in [0.4, 0.5) is 0 Å². The summed E-state index contributed by atoms with van der Waals surface area (Å²) in [6.07, 6.45) is 4.37. The Hall–Kier alpha value is -1.59. The fourth-order valence-electron chi connectivity index (χ4n) is 2.67. The van der Waals surface area contributed by atoms with E-state index in [4.69, 9.17) is 9.47 Å². The summed E-state index contributed by atoms with van der Waals surface area (Å²) in [4.78, 5) is 11.9. The van der Waals surface area contributed by atoms with E-state index in [2.05, 4.69) is 22.8 Å². The first-order valence-corrected chi connectivity index (χ1v) is 8.48. The van der Waals surface area contributed by atoms with Crippen LogP contribution in [0.3, 0.4) is 0 Å². The molecule has 5 nitrogen and oxygen atoms in total. The molecule has 1 fully saturated rings. The van der Waals surface area contributed by atoms with Crippen molar-refractivity contribution in [2.75, 3.05) is 33.4 Å². The van der Waals surface area contributed by atoms with Gasteiger partial charge in [0.1, 0.15) is 5.75 Å². The van der Waals surface area contributed by atoms with Crippen molar-refractivity contribution in [2.24, 2.45) is 0 Å². The molecule has 0 saturated carbocycles. The van der Waals surface area contributed by atoms with Gasteiger partial charge in [-0.25, -0.2) is 0 Å². The average Bonchev–Trinajstić information content (AvgIpc) is 2.59. The van der Waals surface area contributed by atoms with Crippen LogP contribution in [0.5, 0.6) is 5.75 Å². The van der Waals surface area contributed by atoms with Crippen molar-refractivity contribution in [3.63, 3.8) is 0 Å². The maximum absolute atomic E-state index is 11.9. The van der Waals surface area contributed by atoms with Crippen molar-refractivity contribution in [1.29, 1.82) is 0 Å². The molecule has 1 aliphatic heterocycles. The maximum Gasteiger partial charge on any atom is 0.220 e. The number of carbonyl (C=O) groups is 1. The van der Waals surface area contributed by atoms with Crippen LogP contribution in [-0.2, 0) is 16.0 Å². The molecule has 1 saturated heterocycles. The van der Waals surface area contributed by atoms with Gasteiger partial charge in [-0.15, -0.1) is 0 Å². The second-order valence-corrected chi connectivity index (χ2v) is 5.95. The monoisotopic (exact) mass is 320 g/mol. The normalized spacial score (nSPS) is 17.7. The summed E-state index contributed by atoms with van der Waals surface area (Å²) in [7, 11) is 1.71. The van der Waals surface area contributed by atoms with Crippen LogP contribution in [0.1, 0.15) is 31.2 Å². The lowest BCUT2D eigenvalue weighted by Crippen LogP contribution is -2.45. The molecule has 2 N–H and O–H groups in total. The van der Waals surface area contributed by atoms with E-state index < -0.39 is 0 Å². The molecule has 2 rings (SSSR count). The Morgan fingerprint density at radius 2 is 2.13 bits per heavy atom. The standard InChI is InChI=1S/C18H28N2O3/c1-22-13-10-15-6-8-17(9-7-15)23-12-3-5-18(21)20-16-4-2-11-19-14-16/h6-9,16,19H,2-5,10-14H2,1H3,(H,20,21). The quantitative estimate of drug-likeness (QED) is 0.682. The van der Waals surface area contributed by atoms with Crippen molar-refractivity contribution >= 4 is 5.91 Å². The maximum atomic E-state index is 11.9. The third kappa shape index (κ3) is 7.01. The van der Waals surface area contributed by atoms with Gasteiger partial charge in [-0.3, -0.25) is 4.79 Å². The molecule has 1 aliphatic rings. The minimum Gasteiger partial charge on any atom is -0.494 e. The third-order valence-corrected chi connectivity index (χ3v) is 4.00. The number of piperidine rings is 1. The molecule has 128 valence electrons. The van der Waals surface area contributed by atoms with E-state index >= 15 is 0 Å². The van der Waals surface area contributed by atoms with E-state index in [0.29, 0.717) is 13.0 Å². The van der Waals surface area contributed by atoms with E-state index in [1.165, 1.54) is 5.56 Å². The zero-order valence-corrected chi connectivity index (χ0v) is 14.0. The zero-order valence-electron chi connectivity index (χ0n) is 14.0. The lowest BCUT2D eigenvalue weighted by atomic mass is 10.1. The second-order valence-electron chi connectivity index (χ2n) is 5.95. The predicted octanol–water partition coefficient (Wildman–Crippen LogP) is 1.90. The Bertz CT molecular complexity index is 456. The van der Waals surface area contributed by atoms with Crippen molar-refractivity contribution in [1.82, 2.24) is 10.6 Å². The molecule has 1 aromatic carbocycles. The lowest BCUT2D eigenvalue weighted by molar-refractivity contribution is -0.122. The van der Waals surface area contributed by atoms with Crippen LogP contribution in [-0.4, -0.2) is 45.4 Å². The summed E-state index contributed by atoms with van der Waals surface area (Å²) in [6, 6.07) is 8.34. The van der Waals surface area contributed by atoms with Gasteiger partial charge in [-0.05, 0) is 49.9 Å². The highest BCUT2D eigenvalue weighted by molar-refractivity contribution is 5.76. The molecule has 0 aliphatic carbocycles. The minimum absolute atomic E-state index is 0.122. The highest BCUT2D eigenvalue weighted by atomic mass is 16.5. The molecule has 0 radical (unpaired) electrons. The van der Waals surface area contributed by atoms with Crippen LogP contribution >= 0.6 is 0 Å². The topological polar surface area (TPSA) is 59.6 Å². The Morgan fingerprint density at radius 3 is 2.83 bits per heavy atom. The summed E-state index contributed by atoms with van der Waals surface area (Å²) in [5, 5.41) is 6.37. The van der Waals surface area contributed by atoms with Gasteiger partial charge in [0.05, 0.1) is 13.2 Å². The fraction of sp³-hybridized carbons (Fsp3) is 0.611. The number of hydrogen-bond acceptors (Lipinski definition) is 4. The van der Waals surface area contributed by atoms with E-state index in [1.807, 2.05) is 12.1 Å². The van der Waals surface area contributed by atoms with Crippen molar-refractivity contribution in [3.05, 3.63) is 29.8 Å². The Balaban J connectivity index is 1.58. The average molecular weight is 320 g/mol. The number of ether oxygens (including phenoxy) is 2. The highest BCUT2D eigenvalue weighted by Gasteiger charge is 2.14. The highest BCUT2D eigenvalue weighted by Crippen LogP contribution is 2.13. The molecule has 5 heteroatoms. The molecule has 1 aromatic rings. The first-order valence-electron chi connectivity index (χ1n) is 8.48. The number of amides is 1. The number of rotatable bonds is 9.